The third kappa shape index (κ3) is 6.68. The van der Waals surface area contributed by atoms with Crippen molar-refractivity contribution in [1.29, 1.82) is 0 Å². The molecule has 0 saturated heterocycles. The predicted octanol–water partition coefficient (Wildman–Crippen LogP) is 1.67. The van der Waals surface area contributed by atoms with E-state index in [1.807, 2.05) is 0 Å². The molecule has 1 nitrogen and oxygen atoms in total. The van der Waals surface area contributed by atoms with E-state index in [-0.39, 0.29) is 20.3 Å². The molecule has 0 amide bonds. The van der Waals surface area contributed by atoms with Crippen LogP contribution >= 0.6 is 0 Å². The standard InChI is InChI=1S/C18H27NSi2.Li.H/c1-20(2,15-17-11-7-5-8-12-17)19-21(3,4)16-18-13-9-6-10-14-18;;/h5-14,19H,15-16H2,1-4H3;;/q;+1;-1. The second kappa shape index (κ2) is 8.33. The van der Waals surface area contributed by atoms with E-state index in [1.165, 1.54) is 23.2 Å². The molecule has 0 aliphatic heterocycles. The zero-order valence-corrected chi connectivity index (χ0v) is 16.7. The summed E-state index contributed by atoms with van der Waals surface area (Å²) in [5, 5.41) is 0. The molecule has 0 aliphatic carbocycles. The van der Waals surface area contributed by atoms with Gasteiger partial charge < -0.3 is 6.07 Å². The summed E-state index contributed by atoms with van der Waals surface area (Å²) in [5.74, 6) is 0. The Kier molecular flexibility index (Phi) is 7.38. The molecule has 0 bridgehead atoms. The summed E-state index contributed by atoms with van der Waals surface area (Å²) in [6.07, 6.45) is 0. The van der Waals surface area contributed by atoms with Crippen LogP contribution in [0.4, 0.5) is 0 Å². The van der Waals surface area contributed by atoms with Crippen LogP contribution in [0.2, 0.25) is 26.2 Å². The molecule has 1 N–H and O–H groups in total. The van der Waals surface area contributed by atoms with Crippen LogP contribution in [-0.2, 0) is 12.1 Å². The molecule has 114 valence electrons. The van der Waals surface area contributed by atoms with Crippen molar-refractivity contribution in [2.24, 2.45) is 0 Å². The van der Waals surface area contributed by atoms with Crippen molar-refractivity contribution >= 4 is 16.5 Å². The van der Waals surface area contributed by atoms with Crippen molar-refractivity contribution in [2.45, 2.75) is 38.3 Å². The summed E-state index contributed by atoms with van der Waals surface area (Å²) >= 11 is 0. The van der Waals surface area contributed by atoms with Gasteiger partial charge in [0.15, 0.2) is 0 Å². The average Bonchev–Trinajstić information content (AvgIpc) is 2.38. The Morgan fingerprint density at radius 2 is 1.00 bits per heavy atom. The van der Waals surface area contributed by atoms with Gasteiger partial charge in [-0.1, -0.05) is 86.9 Å². The fraction of sp³-hybridized carbons (Fsp3) is 0.333. The molecular weight excluding hydrogens is 293 g/mol. The van der Waals surface area contributed by atoms with Crippen molar-refractivity contribution in [3.05, 3.63) is 71.8 Å². The van der Waals surface area contributed by atoms with E-state index in [0.717, 1.165) is 0 Å². The summed E-state index contributed by atoms with van der Waals surface area (Å²) in [5.41, 5.74) is 2.93. The van der Waals surface area contributed by atoms with Crippen LogP contribution in [0, 0.1) is 0 Å². The summed E-state index contributed by atoms with van der Waals surface area (Å²) in [6, 6.07) is 24.2. The zero-order chi connectivity index (χ0) is 15.3. The fourth-order valence-electron chi connectivity index (χ4n) is 3.22. The molecule has 2 aromatic carbocycles. The average molecular weight is 322 g/mol. The quantitative estimate of drug-likeness (QED) is 0.798. The monoisotopic (exact) mass is 321 g/mol. The van der Waals surface area contributed by atoms with E-state index in [2.05, 4.69) is 91.5 Å². The maximum atomic E-state index is 4.11. The second-order valence-electron chi connectivity index (χ2n) is 7.22. The van der Waals surface area contributed by atoms with Crippen LogP contribution in [0.25, 0.3) is 0 Å². The molecule has 0 radical (unpaired) electrons. The van der Waals surface area contributed by atoms with E-state index < -0.39 is 16.5 Å². The predicted molar refractivity (Wildman–Crippen MR) is 99.5 cm³/mol. The SMILES string of the molecule is C[Si](C)(Cc1ccccc1)N[Si](C)(C)Cc1ccccc1.[H-].[Li+]. The molecule has 0 saturated carbocycles. The Morgan fingerprint density at radius 3 is 1.32 bits per heavy atom. The van der Waals surface area contributed by atoms with Crippen molar-refractivity contribution in [2.75, 3.05) is 0 Å². The van der Waals surface area contributed by atoms with E-state index in [4.69, 9.17) is 0 Å². The smallest absolute Gasteiger partial charge is 1.00 e. The topological polar surface area (TPSA) is 12.0 Å². The molecule has 2 aromatic rings. The first-order valence-electron chi connectivity index (χ1n) is 7.74. The van der Waals surface area contributed by atoms with Gasteiger partial charge in [0.05, 0.1) is 0 Å². The Balaban J connectivity index is 0.00000242. The molecular formula is C18H28LiNSi2. The van der Waals surface area contributed by atoms with Gasteiger partial charge >= 0.3 is 18.9 Å². The third-order valence-corrected chi connectivity index (χ3v) is 11.7. The minimum Gasteiger partial charge on any atom is -1.00 e. The van der Waals surface area contributed by atoms with Crippen LogP contribution in [-0.4, -0.2) is 16.5 Å². The molecule has 0 aliphatic rings. The van der Waals surface area contributed by atoms with Crippen molar-refractivity contribution < 1.29 is 20.3 Å². The number of hydrogen-bond acceptors (Lipinski definition) is 1. The Bertz CT molecular complexity index is 510. The largest absolute Gasteiger partial charge is 1.00 e. The Hall–Kier alpha value is -0.569. The van der Waals surface area contributed by atoms with Crippen LogP contribution < -0.4 is 23.5 Å². The molecule has 0 unspecified atom stereocenters. The number of hydrogen-bond donors (Lipinski definition) is 1. The third-order valence-electron chi connectivity index (χ3n) is 3.65. The minimum atomic E-state index is -1.42. The van der Waals surface area contributed by atoms with E-state index in [9.17, 15) is 0 Å². The summed E-state index contributed by atoms with van der Waals surface area (Å²) in [7, 11) is -2.84. The van der Waals surface area contributed by atoms with Gasteiger partial charge in [0, 0.05) is 0 Å². The molecule has 0 aromatic heterocycles. The van der Waals surface area contributed by atoms with Gasteiger partial charge in [0.25, 0.3) is 0 Å². The molecule has 2 rings (SSSR count). The van der Waals surface area contributed by atoms with Crippen molar-refractivity contribution in [3.8, 4) is 0 Å². The van der Waals surface area contributed by atoms with Gasteiger partial charge in [0.2, 0.25) is 0 Å². The van der Waals surface area contributed by atoms with Gasteiger partial charge in [-0.05, 0) is 23.2 Å². The number of nitrogens with one attached hydrogen (secondary N) is 1. The van der Waals surface area contributed by atoms with Gasteiger partial charge in [-0.2, -0.15) is 0 Å². The minimum absolute atomic E-state index is 0. The van der Waals surface area contributed by atoms with Crippen LogP contribution in [0.15, 0.2) is 60.7 Å². The summed E-state index contributed by atoms with van der Waals surface area (Å²) in [4.78, 5) is 0. The Labute approximate surface area is 151 Å². The fourth-order valence-corrected chi connectivity index (χ4v) is 13.8. The molecule has 0 spiro atoms. The van der Waals surface area contributed by atoms with Gasteiger partial charge in [-0.3, -0.25) is 0 Å². The van der Waals surface area contributed by atoms with Crippen molar-refractivity contribution in [3.63, 3.8) is 0 Å². The normalized spacial score (nSPS) is 11.8. The van der Waals surface area contributed by atoms with Crippen LogP contribution in [0.3, 0.4) is 0 Å². The molecule has 0 atom stereocenters. The molecule has 22 heavy (non-hydrogen) atoms. The Morgan fingerprint density at radius 1 is 0.682 bits per heavy atom. The summed E-state index contributed by atoms with van der Waals surface area (Å²) < 4.78 is 4.11. The van der Waals surface area contributed by atoms with Crippen LogP contribution in [0.5, 0.6) is 0 Å². The maximum Gasteiger partial charge on any atom is 1.00 e. The first-order chi connectivity index (χ1) is 9.86. The molecule has 0 heterocycles. The van der Waals surface area contributed by atoms with Gasteiger partial charge in [0.1, 0.15) is 16.5 Å². The number of benzene rings is 2. The maximum absolute atomic E-state index is 4.11. The summed E-state index contributed by atoms with van der Waals surface area (Å²) in [6.45, 7) is 9.83. The molecule has 0 fully saturated rings. The van der Waals surface area contributed by atoms with E-state index in [0.29, 0.717) is 0 Å². The first kappa shape index (κ1) is 19.5. The van der Waals surface area contributed by atoms with Crippen LogP contribution in [0.1, 0.15) is 12.6 Å². The van der Waals surface area contributed by atoms with E-state index in [1.54, 1.807) is 0 Å². The molecule has 4 heteroatoms. The van der Waals surface area contributed by atoms with E-state index >= 15 is 0 Å². The zero-order valence-electron chi connectivity index (χ0n) is 15.7. The van der Waals surface area contributed by atoms with Crippen molar-refractivity contribution in [1.82, 2.24) is 4.65 Å². The second-order valence-corrected chi connectivity index (χ2v) is 16.5. The first-order valence-corrected chi connectivity index (χ1v) is 14.1. The van der Waals surface area contributed by atoms with Gasteiger partial charge in [-0.15, -0.1) is 0 Å². The number of rotatable bonds is 6. The van der Waals surface area contributed by atoms with Gasteiger partial charge in [-0.25, -0.2) is 0 Å².